The minimum absolute atomic E-state index is 0.0535. The molecule has 3 N–H and O–H groups in total. The van der Waals surface area contributed by atoms with E-state index < -0.39 is 40.1 Å². The van der Waals surface area contributed by atoms with E-state index in [-0.39, 0.29) is 36.3 Å². The number of ether oxygens (including phenoxy) is 1. The van der Waals surface area contributed by atoms with Crippen molar-refractivity contribution in [1.82, 2.24) is 4.72 Å². The summed E-state index contributed by atoms with van der Waals surface area (Å²) in [5, 5.41) is 9.41. The van der Waals surface area contributed by atoms with E-state index in [1.165, 1.54) is 22.9 Å². The van der Waals surface area contributed by atoms with E-state index in [1.807, 2.05) is 0 Å². The van der Waals surface area contributed by atoms with Crippen LogP contribution in [-0.2, 0) is 16.6 Å². The van der Waals surface area contributed by atoms with Crippen LogP contribution < -0.4 is 19.8 Å². The van der Waals surface area contributed by atoms with Crippen molar-refractivity contribution in [2.75, 3.05) is 24.5 Å². The zero-order valence-corrected chi connectivity index (χ0v) is 18.5. The van der Waals surface area contributed by atoms with Crippen LogP contribution in [0.1, 0.15) is 16.7 Å². The van der Waals surface area contributed by atoms with Crippen LogP contribution in [-0.4, -0.2) is 39.5 Å². The summed E-state index contributed by atoms with van der Waals surface area (Å²) < 4.78 is 89.1. The third kappa shape index (κ3) is 6.24. The molecule has 0 amide bonds. The highest BCUT2D eigenvalue weighted by atomic mass is 32.2. The van der Waals surface area contributed by atoms with E-state index >= 15 is 0 Å². The first-order chi connectivity index (χ1) is 15.9. The molecule has 0 saturated heterocycles. The molecule has 0 unspecified atom stereocenters. The number of hydrogen-bond donors (Lipinski definition) is 3. The lowest BCUT2D eigenvalue weighted by Crippen LogP contribution is -2.37. The maximum Gasteiger partial charge on any atom is 0.402 e. The summed E-state index contributed by atoms with van der Waals surface area (Å²) in [7, 11) is -4.70. The van der Waals surface area contributed by atoms with Crippen LogP contribution in [0.25, 0.3) is 11.0 Å². The van der Waals surface area contributed by atoms with Crippen LogP contribution in [0.2, 0.25) is 0 Å². The molecule has 2 aromatic carbocycles. The van der Waals surface area contributed by atoms with Crippen molar-refractivity contribution in [3.05, 3.63) is 69.3 Å². The van der Waals surface area contributed by atoms with Gasteiger partial charge in [0, 0.05) is 23.4 Å². The molecule has 0 atom stereocenters. The molecule has 0 fully saturated rings. The first-order valence-corrected chi connectivity index (χ1v) is 11.3. The number of nitrogens with one attached hydrogen (secondary N) is 2. The van der Waals surface area contributed by atoms with Gasteiger partial charge in [0.1, 0.15) is 24.5 Å². The summed E-state index contributed by atoms with van der Waals surface area (Å²) in [4.78, 5) is 12.6. The van der Waals surface area contributed by atoms with Gasteiger partial charge in [-0.05, 0) is 36.2 Å². The molecule has 3 aromatic rings. The second-order valence-corrected chi connectivity index (χ2v) is 8.72. The monoisotopic (exact) mass is 504 g/mol. The van der Waals surface area contributed by atoms with Gasteiger partial charge >= 0.3 is 11.8 Å². The molecule has 34 heavy (non-hydrogen) atoms. The predicted molar refractivity (Wildman–Crippen MR) is 116 cm³/mol. The van der Waals surface area contributed by atoms with Crippen LogP contribution in [0.4, 0.5) is 23.2 Å². The number of aryl methyl sites for hydroxylation is 1. The van der Waals surface area contributed by atoms with Gasteiger partial charge in [0.2, 0.25) is 0 Å². The lowest BCUT2D eigenvalue weighted by molar-refractivity contribution is -0.121. The number of halogens is 4. The standard InChI is InChI=1S/C21H20F4N2O6S/c1-12-15-6-5-14(32-8-7-28)10-18(15)33-20(29)16(12)9-13-3-2-4-17(19(13)22)27-34(30,31)26-11-21(23,24)25/h2-6,10,26-28H,7-9,11H2,1H3. The maximum atomic E-state index is 15.0. The van der Waals surface area contributed by atoms with E-state index in [1.54, 1.807) is 23.8 Å². The Hall–Kier alpha value is -3.16. The first kappa shape index (κ1) is 25.5. The van der Waals surface area contributed by atoms with Crippen molar-refractivity contribution in [2.45, 2.75) is 19.5 Å². The zero-order chi connectivity index (χ0) is 25.1. The molecule has 13 heteroatoms. The van der Waals surface area contributed by atoms with Crippen molar-refractivity contribution in [3.8, 4) is 5.75 Å². The largest absolute Gasteiger partial charge is 0.491 e. The minimum atomic E-state index is -4.79. The maximum absolute atomic E-state index is 15.0. The smallest absolute Gasteiger partial charge is 0.402 e. The van der Waals surface area contributed by atoms with Crippen molar-refractivity contribution >= 4 is 26.9 Å². The number of benzene rings is 2. The summed E-state index contributed by atoms with van der Waals surface area (Å²) >= 11 is 0. The van der Waals surface area contributed by atoms with Crippen molar-refractivity contribution in [2.24, 2.45) is 0 Å². The Kier molecular flexibility index (Phi) is 7.48. The number of aliphatic hydroxyl groups is 1. The summed E-state index contributed by atoms with van der Waals surface area (Å²) in [6.45, 7) is -0.334. The topological polar surface area (TPSA) is 118 Å². The Balaban J connectivity index is 1.89. The van der Waals surface area contributed by atoms with Crippen LogP contribution in [0.15, 0.2) is 45.6 Å². The molecule has 0 saturated carbocycles. The molecule has 0 aliphatic rings. The highest BCUT2D eigenvalue weighted by molar-refractivity contribution is 7.90. The molecular weight excluding hydrogens is 484 g/mol. The number of hydrogen-bond acceptors (Lipinski definition) is 6. The predicted octanol–water partition coefficient (Wildman–Crippen LogP) is 3.01. The number of rotatable bonds is 9. The Morgan fingerprint density at radius 3 is 2.59 bits per heavy atom. The lowest BCUT2D eigenvalue weighted by atomic mass is 9.99. The number of anilines is 1. The Bertz CT molecular complexity index is 1360. The van der Waals surface area contributed by atoms with E-state index in [0.29, 0.717) is 16.7 Å². The van der Waals surface area contributed by atoms with Gasteiger partial charge in [-0.1, -0.05) is 12.1 Å². The number of alkyl halides is 3. The highest BCUT2D eigenvalue weighted by Crippen LogP contribution is 2.27. The van der Waals surface area contributed by atoms with E-state index in [4.69, 9.17) is 14.3 Å². The third-order valence-corrected chi connectivity index (χ3v) is 5.78. The number of fused-ring (bicyclic) bond motifs is 1. The van der Waals surface area contributed by atoms with E-state index in [0.717, 1.165) is 6.07 Å². The molecule has 1 aromatic heterocycles. The van der Waals surface area contributed by atoms with Gasteiger partial charge in [-0.3, -0.25) is 4.72 Å². The summed E-state index contributed by atoms with van der Waals surface area (Å²) in [5.41, 5.74) is -0.571. The molecule has 3 rings (SSSR count). The van der Waals surface area contributed by atoms with Gasteiger partial charge in [0.25, 0.3) is 10.2 Å². The summed E-state index contributed by atoms with van der Waals surface area (Å²) in [6.07, 6.45) is -5.05. The fraction of sp³-hybridized carbons (Fsp3) is 0.286. The molecule has 8 nitrogen and oxygen atoms in total. The second-order valence-electron chi connectivity index (χ2n) is 7.22. The molecule has 1 heterocycles. The fourth-order valence-corrected chi connectivity index (χ4v) is 4.05. The molecule has 0 aliphatic carbocycles. The molecular formula is C21H20F4N2O6S. The average Bonchev–Trinajstić information content (AvgIpc) is 2.75. The lowest BCUT2D eigenvalue weighted by Gasteiger charge is -2.14. The Morgan fingerprint density at radius 2 is 1.91 bits per heavy atom. The number of aliphatic hydroxyl groups excluding tert-OH is 1. The minimum Gasteiger partial charge on any atom is -0.491 e. The average molecular weight is 504 g/mol. The van der Waals surface area contributed by atoms with Crippen LogP contribution in [0.5, 0.6) is 5.75 Å². The van der Waals surface area contributed by atoms with Crippen molar-refractivity contribution in [3.63, 3.8) is 0 Å². The molecule has 0 radical (unpaired) electrons. The van der Waals surface area contributed by atoms with Crippen molar-refractivity contribution < 1.29 is 40.2 Å². The highest BCUT2D eigenvalue weighted by Gasteiger charge is 2.30. The van der Waals surface area contributed by atoms with E-state index in [9.17, 15) is 30.8 Å². The van der Waals surface area contributed by atoms with Crippen molar-refractivity contribution in [1.29, 1.82) is 0 Å². The normalized spacial score (nSPS) is 12.2. The van der Waals surface area contributed by atoms with E-state index in [2.05, 4.69) is 0 Å². The molecule has 184 valence electrons. The van der Waals surface area contributed by atoms with Crippen LogP contribution in [0.3, 0.4) is 0 Å². The summed E-state index contributed by atoms with van der Waals surface area (Å²) in [5.74, 6) is -0.673. The Labute approximate surface area is 191 Å². The molecule has 0 spiro atoms. The first-order valence-electron chi connectivity index (χ1n) is 9.82. The fourth-order valence-electron chi connectivity index (χ4n) is 3.18. The molecule has 0 aliphatic heterocycles. The van der Waals surface area contributed by atoms with Crippen LogP contribution in [0, 0.1) is 12.7 Å². The van der Waals surface area contributed by atoms with Gasteiger partial charge in [0.05, 0.1) is 12.3 Å². The Morgan fingerprint density at radius 1 is 1.18 bits per heavy atom. The van der Waals surface area contributed by atoms with Gasteiger partial charge in [-0.2, -0.15) is 26.3 Å². The van der Waals surface area contributed by atoms with Crippen LogP contribution >= 0.6 is 0 Å². The molecule has 0 bridgehead atoms. The quantitative estimate of drug-likeness (QED) is 0.305. The van der Waals surface area contributed by atoms with Gasteiger partial charge in [0.15, 0.2) is 5.82 Å². The second kappa shape index (κ2) is 9.99. The van der Waals surface area contributed by atoms with Gasteiger partial charge in [-0.15, -0.1) is 0 Å². The van der Waals surface area contributed by atoms with Gasteiger partial charge in [-0.25, -0.2) is 9.18 Å². The zero-order valence-electron chi connectivity index (χ0n) is 17.7. The SMILES string of the molecule is Cc1c(Cc2cccc(NS(=O)(=O)NCC(F)(F)F)c2F)c(=O)oc2cc(OCCO)ccc12. The van der Waals surface area contributed by atoms with Gasteiger partial charge < -0.3 is 14.3 Å². The summed E-state index contributed by atoms with van der Waals surface area (Å²) in [6, 6.07) is 8.37. The third-order valence-electron chi connectivity index (χ3n) is 4.77.